The second kappa shape index (κ2) is 8.74. The van der Waals surface area contributed by atoms with Crippen LogP contribution in [0, 0.1) is 5.92 Å². The number of halogens is 3. The Morgan fingerprint density at radius 1 is 1.24 bits per heavy atom. The molecular weight excluding hydrogens is 349 g/mol. The Balaban J connectivity index is 2.06. The molecule has 0 heterocycles. The van der Waals surface area contributed by atoms with Crippen molar-refractivity contribution in [2.24, 2.45) is 5.92 Å². The molecule has 0 unspecified atom stereocenters. The van der Waals surface area contributed by atoms with E-state index >= 15 is 0 Å². The van der Waals surface area contributed by atoms with Gasteiger partial charge in [-0.1, -0.05) is 31.9 Å². The predicted octanol–water partition coefficient (Wildman–Crippen LogP) is 4.51. The summed E-state index contributed by atoms with van der Waals surface area (Å²) in [5.74, 6) is 1.09. The second-order valence-corrected chi connectivity index (χ2v) is 7.02. The van der Waals surface area contributed by atoms with Gasteiger partial charge in [-0.2, -0.15) is 13.2 Å². The van der Waals surface area contributed by atoms with Gasteiger partial charge in [0, 0.05) is 12.6 Å². The van der Waals surface area contributed by atoms with Crippen LogP contribution in [-0.2, 0) is 6.54 Å². The Morgan fingerprint density at radius 2 is 1.88 bits per heavy atom. The SMILES string of the molecule is COc1ccc(CN(CC(F)(F)F)C(=S)N[C@H]2CCCC[C@H]2C)cc1. The van der Waals surface area contributed by atoms with Crippen molar-refractivity contribution < 1.29 is 17.9 Å². The summed E-state index contributed by atoms with van der Waals surface area (Å²) in [6, 6.07) is 7.14. The summed E-state index contributed by atoms with van der Waals surface area (Å²) in [5, 5.41) is 3.34. The Bertz CT molecular complexity index is 562. The molecule has 140 valence electrons. The number of benzene rings is 1. The van der Waals surface area contributed by atoms with Crippen LogP contribution in [0.4, 0.5) is 13.2 Å². The minimum absolute atomic E-state index is 0.108. The van der Waals surface area contributed by atoms with Gasteiger partial charge >= 0.3 is 6.18 Å². The van der Waals surface area contributed by atoms with Crippen molar-refractivity contribution in [3.05, 3.63) is 29.8 Å². The maximum Gasteiger partial charge on any atom is 0.406 e. The molecule has 1 aromatic carbocycles. The van der Waals surface area contributed by atoms with Crippen LogP contribution in [0.1, 0.15) is 38.2 Å². The molecule has 1 aromatic rings. The molecule has 3 nitrogen and oxygen atoms in total. The van der Waals surface area contributed by atoms with Gasteiger partial charge in [0.1, 0.15) is 12.3 Å². The van der Waals surface area contributed by atoms with Crippen LogP contribution in [0.2, 0.25) is 0 Å². The van der Waals surface area contributed by atoms with Gasteiger partial charge < -0.3 is 15.0 Å². The van der Waals surface area contributed by atoms with Gasteiger partial charge in [-0.15, -0.1) is 0 Å². The van der Waals surface area contributed by atoms with Crippen LogP contribution < -0.4 is 10.1 Å². The van der Waals surface area contributed by atoms with Crippen molar-refractivity contribution in [1.29, 1.82) is 0 Å². The lowest BCUT2D eigenvalue weighted by Gasteiger charge is -2.34. The molecule has 0 amide bonds. The van der Waals surface area contributed by atoms with E-state index in [2.05, 4.69) is 12.2 Å². The smallest absolute Gasteiger partial charge is 0.406 e. The van der Waals surface area contributed by atoms with E-state index in [1.54, 1.807) is 31.4 Å². The lowest BCUT2D eigenvalue weighted by molar-refractivity contribution is -0.138. The number of rotatable bonds is 5. The standard InChI is InChI=1S/C18H25F3N2OS/c1-13-5-3-4-6-16(13)22-17(25)23(12-18(19,20)21)11-14-7-9-15(24-2)10-8-14/h7-10,13,16H,3-6,11-12H2,1-2H3,(H,22,25)/t13-,16+/m1/s1. The number of hydrogen-bond donors (Lipinski definition) is 1. The zero-order valence-electron chi connectivity index (χ0n) is 14.6. The fraction of sp³-hybridized carbons (Fsp3) is 0.611. The summed E-state index contributed by atoms with van der Waals surface area (Å²) < 4.78 is 44.1. The molecule has 25 heavy (non-hydrogen) atoms. The molecule has 1 fully saturated rings. The van der Waals surface area contributed by atoms with Gasteiger partial charge in [-0.05, 0) is 48.7 Å². The highest BCUT2D eigenvalue weighted by Crippen LogP contribution is 2.25. The van der Waals surface area contributed by atoms with E-state index in [1.165, 1.54) is 11.3 Å². The first-order valence-corrected chi connectivity index (χ1v) is 8.94. The van der Waals surface area contributed by atoms with Gasteiger partial charge in [0.15, 0.2) is 5.11 Å². The van der Waals surface area contributed by atoms with E-state index in [-0.39, 0.29) is 17.7 Å². The first-order chi connectivity index (χ1) is 11.8. The minimum Gasteiger partial charge on any atom is -0.497 e. The lowest BCUT2D eigenvalue weighted by atomic mass is 9.86. The van der Waals surface area contributed by atoms with Crippen molar-refractivity contribution >= 4 is 17.3 Å². The van der Waals surface area contributed by atoms with Crippen LogP contribution in [-0.4, -0.2) is 35.9 Å². The Kier molecular flexibility index (Phi) is 6.93. The topological polar surface area (TPSA) is 24.5 Å². The van der Waals surface area contributed by atoms with Crippen molar-refractivity contribution in [2.75, 3.05) is 13.7 Å². The normalized spacial score (nSPS) is 20.8. The summed E-state index contributed by atoms with van der Waals surface area (Å²) >= 11 is 5.32. The van der Waals surface area contributed by atoms with Crippen molar-refractivity contribution in [3.63, 3.8) is 0 Å². The zero-order chi connectivity index (χ0) is 18.4. The second-order valence-electron chi connectivity index (χ2n) is 6.64. The quantitative estimate of drug-likeness (QED) is 0.767. The predicted molar refractivity (Wildman–Crippen MR) is 96.6 cm³/mol. The molecule has 0 bridgehead atoms. The number of thiocarbonyl (C=S) groups is 1. The summed E-state index contributed by atoms with van der Waals surface area (Å²) in [5.41, 5.74) is 0.755. The molecule has 0 radical (unpaired) electrons. The Hall–Kier alpha value is -1.50. The van der Waals surface area contributed by atoms with Crippen LogP contribution in [0.3, 0.4) is 0 Å². The number of hydrogen-bond acceptors (Lipinski definition) is 2. The molecule has 1 saturated carbocycles. The molecular formula is C18H25F3N2OS. The van der Waals surface area contributed by atoms with Crippen LogP contribution >= 0.6 is 12.2 Å². The van der Waals surface area contributed by atoms with E-state index in [9.17, 15) is 13.2 Å². The molecule has 0 spiro atoms. The third-order valence-electron chi connectivity index (χ3n) is 4.61. The third kappa shape index (κ3) is 6.38. The molecule has 0 saturated heterocycles. The third-order valence-corrected chi connectivity index (χ3v) is 4.99. The van der Waals surface area contributed by atoms with Crippen LogP contribution in [0.25, 0.3) is 0 Å². The maximum absolute atomic E-state index is 13.0. The Labute approximate surface area is 152 Å². The summed E-state index contributed by atoms with van der Waals surface area (Å²) in [4.78, 5) is 1.19. The number of methoxy groups -OCH3 is 1. The number of nitrogens with one attached hydrogen (secondary N) is 1. The van der Waals surface area contributed by atoms with Crippen LogP contribution in [0.15, 0.2) is 24.3 Å². The molecule has 7 heteroatoms. The molecule has 2 atom stereocenters. The highest BCUT2D eigenvalue weighted by molar-refractivity contribution is 7.80. The van der Waals surface area contributed by atoms with E-state index < -0.39 is 12.7 Å². The maximum atomic E-state index is 13.0. The van der Waals surface area contributed by atoms with Gasteiger partial charge in [0.05, 0.1) is 7.11 Å². The summed E-state index contributed by atoms with van der Waals surface area (Å²) in [6.07, 6.45) is -0.0231. The number of alkyl halides is 3. The summed E-state index contributed by atoms with van der Waals surface area (Å²) in [7, 11) is 1.55. The van der Waals surface area contributed by atoms with Crippen molar-refractivity contribution in [2.45, 2.75) is 51.4 Å². The summed E-state index contributed by atoms with van der Waals surface area (Å²) in [6.45, 7) is 1.17. The van der Waals surface area contributed by atoms with Gasteiger partial charge in [-0.25, -0.2) is 0 Å². The first kappa shape index (κ1) is 19.8. The monoisotopic (exact) mass is 374 g/mol. The average molecular weight is 374 g/mol. The zero-order valence-corrected chi connectivity index (χ0v) is 15.4. The molecule has 1 N–H and O–H groups in total. The molecule has 1 aliphatic rings. The molecule has 0 aliphatic heterocycles. The lowest BCUT2D eigenvalue weighted by Crippen LogP contribution is -2.49. The van der Waals surface area contributed by atoms with Gasteiger partial charge in [0.2, 0.25) is 0 Å². The fourth-order valence-corrected chi connectivity index (χ4v) is 3.43. The first-order valence-electron chi connectivity index (χ1n) is 8.53. The highest BCUT2D eigenvalue weighted by atomic mass is 32.1. The Morgan fingerprint density at radius 3 is 2.44 bits per heavy atom. The van der Waals surface area contributed by atoms with E-state index in [0.717, 1.165) is 24.8 Å². The minimum atomic E-state index is -4.31. The molecule has 0 aromatic heterocycles. The number of nitrogens with zero attached hydrogens (tertiary/aromatic N) is 1. The van der Waals surface area contributed by atoms with Crippen LogP contribution in [0.5, 0.6) is 5.75 Å². The molecule has 1 aliphatic carbocycles. The van der Waals surface area contributed by atoms with Crippen molar-refractivity contribution in [3.8, 4) is 5.75 Å². The van der Waals surface area contributed by atoms with E-state index in [4.69, 9.17) is 17.0 Å². The molecule has 2 rings (SSSR count). The largest absolute Gasteiger partial charge is 0.497 e. The van der Waals surface area contributed by atoms with E-state index in [0.29, 0.717) is 11.7 Å². The highest BCUT2D eigenvalue weighted by Gasteiger charge is 2.33. The van der Waals surface area contributed by atoms with E-state index in [1.807, 2.05) is 0 Å². The van der Waals surface area contributed by atoms with Gasteiger partial charge in [-0.3, -0.25) is 0 Å². The number of ether oxygens (including phenoxy) is 1. The average Bonchev–Trinajstić information content (AvgIpc) is 2.56. The fourth-order valence-electron chi connectivity index (χ4n) is 3.15. The van der Waals surface area contributed by atoms with Gasteiger partial charge in [0.25, 0.3) is 0 Å². The van der Waals surface area contributed by atoms with Crippen molar-refractivity contribution in [1.82, 2.24) is 10.2 Å².